The molecule has 0 spiro atoms. The van der Waals surface area contributed by atoms with Gasteiger partial charge in [-0.1, -0.05) is 13.8 Å². The first-order chi connectivity index (χ1) is 11.8. The summed E-state index contributed by atoms with van der Waals surface area (Å²) in [7, 11) is 1.43. The Balaban J connectivity index is 2.80. The van der Waals surface area contributed by atoms with Gasteiger partial charge in [-0.2, -0.15) is 0 Å². The molecule has 1 rings (SSSR count). The third-order valence-corrected chi connectivity index (χ3v) is 3.57. The lowest BCUT2D eigenvalue weighted by Gasteiger charge is -2.24. The normalized spacial score (nSPS) is 13.2. The van der Waals surface area contributed by atoms with Crippen molar-refractivity contribution in [2.45, 2.75) is 32.4 Å². The first kappa shape index (κ1) is 20.6. The summed E-state index contributed by atoms with van der Waals surface area (Å²) in [6, 6.07) is 2.85. The molecule has 0 aromatic heterocycles. The van der Waals surface area contributed by atoms with Crippen molar-refractivity contribution < 1.29 is 28.6 Å². The second-order valence-electron chi connectivity index (χ2n) is 5.88. The van der Waals surface area contributed by atoms with E-state index < -0.39 is 35.7 Å². The van der Waals surface area contributed by atoms with Crippen LogP contribution >= 0.6 is 0 Å². The summed E-state index contributed by atoms with van der Waals surface area (Å²) in [5.74, 6) is -3.08. The minimum absolute atomic E-state index is 0.105. The predicted octanol–water partition coefficient (Wildman–Crippen LogP) is 1.19. The van der Waals surface area contributed by atoms with E-state index in [0.717, 1.165) is 12.1 Å². The molecule has 2 amide bonds. The van der Waals surface area contributed by atoms with Crippen LogP contribution < -0.4 is 10.6 Å². The molecule has 0 aliphatic carbocycles. The van der Waals surface area contributed by atoms with E-state index in [4.69, 9.17) is 9.84 Å². The van der Waals surface area contributed by atoms with Crippen molar-refractivity contribution >= 4 is 17.8 Å². The first-order valence-corrected chi connectivity index (χ1v) is 7.84. The van der Waals surface area contributed by atoms with Crippen molar-refractivity contribution in [1.82, 2.24) is 10.6 Å². The van der Waals surface area contributed by atoms with E-state index in [9.17, 15) is 18.8 Å². The van der Waals surface area contributed by atoms with Crippen molar-refractivity contribution in [2.24, 2.45) is 5.92 Å². The summed E-state index contributed by atoms with van der Waals surface area (Å²) in [6.07, 6.45) is 0.105. The summed E-state index contributed by atoms with van der Waals surface area (Å²) >= 11 is 0. The highest BCUT2D eigenvalue weighted by atomic mass is 19.1. The molecule has 0 radical (unpaired) electrons. The van der Waals surface area contributed by atoms with Crippen LogP contribution in [0.5, 0.6) is 0 Å². The number of amides is 2. The van der Waals surface area contributed by atoms with E-state index in [1.807, 2.05) is 0 Å². The number of carboxylic acids is 1. The number of carboxylic acid groups (broad SMARTS) is 1. The molecule has 1 aromatic carbocycles. The van der Waals surface area contributed by atoms with Crippen LogP contribution in [0.3, 0.4) is 0 Å². The smallest absolute Gasteiger partial charge is 0.326 e. The van der Waals surface area contributed by atoms with E-state index in [0.29, 0.717) is 0 Å². The highest BCUT2D eigenvalue weighted by Crippen LogP contribution is 2.07. The molecule has 25 heavy (non-hydrogen) atoms. The Kier molecular flexibility index (Phi) is 8.00. The van der Waals surface area contributed by atoms with E-state index in [2.05, 4.69) is 10.6 Å². The largest absolute Gasteiger partial charge is 0.480 e. The maximum atomic E-state index is 12.9. The Morgan fingerprint density at radius 3 is 2.24 bits per heavy atom. The zero-order valence-electron chi connectivity index (χ0n) is 14.4. The van der Waals surface area contributed by atoms with Crippen LogP contribution in [-0.4, -0.2) is 48.7 Å². The molecule has 0 bridgehead atoms. The quantitative estimate of drug-likeness (QED) is 0.618. The van der Waals surface area contributed by atoms with Crippen LogP contribution in [0, 0.1) is 11.7 Å². The lowest BCUT2D eigenvalue weighted by Crippen LogP contribution is -2.53. The number of hydrogen-bond acceptors (Lipinski definition) is 4. The molecule has 0 fully saturated rings. The van der Waals surface area contributed by atoms with Gasteiger partial charge < -0.3 is 20.5 Å². The maximum Gasteiger partial charge on any atom is 0.326 e. The fourth-order valence-electron chi connectivity index (χ4n) is 2.12. The van der Waals surface area contributed by atoms with Crippen LogP contribution in [0.2, 0.25) is 0 Å². The second kappa shape index (κ2) is 9.73. The summed E-state index contributed by atoms with van der Waals surface area (Å²) in [6.45, 7) is 3.62. The number of carbonyl (C=O) groups excluding carboxylic acids is 2. The number of hydrogen-bond donors (Lipinski definition) is 3. The second-order valence-corrected chi connectivity index (χ2v) is 5.88. The van der Waals surface area contributed by atoms with Gasteiger partial charge in [-0.3, -0.25) is 9.59 Å². The number of carbonyl (C=O) groups is 3. The molecule has 3 N–H and O–H groups in total. The van der Waals surface area contributed by atoms with E-state index >= 15 is 0 Å². The summed E-state index contributed by atoms with van der Waals surface area (Å²) in [4.78, 5) is 35.8. The van der Waals surface area contributed by atoms with Gasteiger partial charge >= 0.3 is 5.97 Å². The number of rotatable bonds is 9. The van der Waals surface area contributed by atoms with Gasteiger partial charge in [0.25, 0.3) is 5.91 Å². The Bertz CT molecular complexity index is 604. The summed E-state index contributed by atoms with van der Waals surface area (Å²) in [5.41, 5.74) is 0.203. The van der Waals surface area contributed by atoms with Gasteiger partial charge in [0.2, 0.25) is 5.91 Å². The monoisotopic (exact) mass is 354 g/mol. The highest BCUT2D eigenvalue weighted by molar-refractivity contribution is 5.98. The molecule has 2 atom stereocenters. The van der Waals surface area contributed by atoms with Crippen molar-refractivity contribution in [3.05, 3.63) is 35.6 Å². The fourth-order valence-corrected chi connectivity index (χ4v) is 2.12. The third-order valence-electron chi connectivity index (χ3n) is 3.57. The molecule has 1 aromatic rings. The van der Waals surface area contributed by atoms with Crippen LogP contribution in [0.1, 0.15) is 30.6 Å². The third kappa shape index (κ3) is 6.50. The van der Waals surface area contributed by atoms with Crippen molar-refractivity contribution in [3.63, 3.8) is 0 Å². The molecule has 2 unspecified atom stereocenters. The predicted molar refractivity (Wildman–Crippen MR) is 88.6 cm³/mol. The number of nitrogens with one attached hydrogen (secondary N) is 2. The average Bonchev–Trinajstić information content (AvgIpc) is 2.56. The SMILES string of the molecule is COCCC(NC(=O)C(NC(=O)c1ccc(F)cc1)C(C)C)C(=O)O. The van der Waals surface area contributed by atoms with E-state index in [-0.39, 0.29) is 24.5 Å². The number of ether oxygens (including phenoxy) is 1. The average molecular weight is 354 g/mol. The van der Waals surface area contributed by atoms with Gasteiger partial charge in [-0.25, -0.2) is 9.18 Å². The number of benzene rings is 1. The van der Waals surface area contributed by atoms with E-state index in [1.54, 1.807) is 13.8 Å². The van der Waals surface area contributed by atoms with Gasteiger partial charge in [-0.15, -0.1) is 0 Å². The molecule has 0 aliphatic heterocycles. The Labute approximate surface area is 145 Å². The summed E-state index contributed by atoms with van der Waals surface area (Å²) < 4.78 is 17.8. The first-order valence-electron chi connectivity index (χ1n) is 7.84. The topological polar surface area (TPSA) is 105 Å². The Morgan fingerprint density at radius 2 is 1.76 bits per heavy atom. The fraction of sp³-hybridized carbons (Fsp3) is 0.471. The summed E-state index contributed by atoms with van der Waals surface area (Å²) in [5, 5.41) is 14.1. The van der Waals surface area contributed by atoms with Crippen LogP contribution in [-0.2, 0) is 14.3 Å². The zero-order chi connectivity index (χ0) is 19.0. The Morgan fingerprint density at radius 1 is 1.16 bits per heavy atom. The minimum atomic E-state index is -1.18. The van der Waals surface area contributed by atoms with E-state index in [1.165, 1.54) is 19.2 Å². The van der Waals surface area contributed by atoms with Gasteiger partial charge in [-0.05, 0) is 30.2 Å². The van der Waals surface area contributed by atoms with Gasteiger partial charge in [0.1, 0.15) is 17.9 Å². The molecule has 0 aliphatic rings. The molecule has 7 nitrogen and oxygen atoms in total. The van der Waals surface area contributed by atoms with Gasteiger partial charge in [0, 0.05) is 25.7 Å². The van der Waals surface area contributed by atoms with Gasteiger partial charge in [0.05, 0.1) is 0 Å². The molecule has 138 valence electrons. The molecule has 0 saturated heterocycles. The minimum Gasteiger partial charge on any atom is -0.480 e. The Hall–Kier alpha value is -2.48. The number of halogens is 1. The van der Waals surface area contributed by atoms with Crippen LogP contribution in [0.15, 0.2) is 24.3 Å². The van der Waals surface area contributed by atoms with Crippen LogP contribution in [0.25, 0.3) is 0 Å². The highest BCUT2D eigenvalue weighted by Gasteiger charge is 2.28. The standard InChI is InChI=1S/C17H23FN2O5/c1-10(2)14(16(22)19-13(17(23)24)8-9-25-3)20-15(21)11-4-6-12(18)7-5-11/h4-7,10,13-14H,8-9H2,1-3H3,(H,19,22)(H,20,21)(H,23,24). The lowest BCUT2D eigenvalue weighted by atomic mass is 10.0. The molecular formula is C17H23FN2O5. The van der Waals surface area contributed by atoms with Crippen LogP contribution in [0.4, 0.5) is 4.39 Å². The molecule has 0 heterocycles. The van der Waals surface area contributed by atoms with Gasteiger partial charge in [0.15, 0.2) is 0 Å². The van der Waals surface area contributed by atoms with Crippen molar-refractivity contribution in [1.29, 1.82) is 0 Å². The lowest BCUT2D eigenvalue weighted by molar-refractivity contribution is -0.142. The number of methoxy groups -OCH3 is 1. The maximum absolute atomic E-state index is 12.9. The molecule has 0 saturated carbocycles. The van der Waals surface area contributed by atoms with Crippen molar-refractivity contribution in [3.8, 4) is 0 Å². The molecule has 8 heteroatoms. The van der Waals surface area contributed by atoms with Crippen molar-refractivity contribution in [2.75, 3.05) is 13.7 Å². The number of aliphatic carboxylic acids is 1. The molecular weight excluding hydrogens is 331 g/mol. The zero-order valence-corrected chi connectivity index (χ0v) is 14.4.